The summed E-state index contributed by atoms with van der Waals surface area (Å²) in [6.07, 6.45) is 0.847. The van der Waals surface area contributed by atoms with Crippen molar-refractivity contribution in [2.24, 2.45) is 5.14 Å². The molecule has 3 N–H and O–H groups in total. The van der Waals surface area contributed by atoms with Gasteiger partial charge in [-0.3, -0.25) is 0 Å². The second-order valence-corrected chi connectivity index (χ2v) is 5.67. The number of anilines is 1. The number of hydrogen-bond donors (Lipinski definition) is 2. The van der Waals surface area contributed by atoms with Crippen LogP contribution in [0.3, 0.4) is 0 Å². The second kappa shape index (κ2) is 3.37. The SMILES string of the molecule is C[C@H]1Cc2cc(Cl)c(S(N)(=O)=O)cc2N1. The predicted octanol–water partition coefficient (Wildman–Crippen LogP) is 1.34. The van der Waals surface area contributed by atoms with Gasteiger partial charge in [0.2, 0.25) is 10.0 Å². The van der Waals surface area contributed by atoms with Crippen molar-refractivity contribution >= 4 is 27.3 Å². The van der Waals surface area contributed by atoms with E-state index in [1.165, 1.54) is 6.07 Å². The van der Waals surface area contributed by atoms with Gasteiger partial charge in [0.05, 0.1) is 5.02 Å². The molecule has 82 valence electrons. The van der Waals surface area contributed by atoms with Crippen LogP contribution in [-0.4, -0.2) is 14.5 Å². The normalized spacial score (nSPS) is 19.8. The molecule has 1 aliphatic heterocycles. The van der Waals surface area contributed by atoms with Crippen LogP contribution in [0.25, 0.3) is 0 Å². The zero-order chi connectivity index (χ0) is 11.2. The fourth-order valence-electron chi connectivity index (χ4n) is 1.76. The highest BCUT2D eigenvalue weighted by Crippen LogP contribution is 2.32. The van der Waals surface area contributed by atoms with E-state index < -0.39 is 10.0 Å². The smallest absolute Gasteiger partial charge is 0.239 e. The van der Waals surface area contributed by atoms with Crippen molar-refractivity contribution in [1.29, 1.82) is 0 Å². The fraction of sp³-hybridized carbons (Fsp3) is 0.333. The number of halogens is 1. The van der Waals surface area contributed by atoms with Gasteiger partial charge in [-0.25, -0.2) is 13.6 Å². The minimum Gasteiger partial charge on any atom is -0.382 e. The third-order valence-electron chi connectivity index (χ3n) is 2.39. The monoisotopic (exact) mass is 246 g/mol. The van der Waals surface area contributed by atoms with Crippen LogP contribution in [0.4, 0.5) is 5.69 Å². The summed E-state index contributed by atoms with van der Waals surface area (Å²) in [5.74, 6) is 0. The first-order valence-corrected chi connectivity index (χ1v) is 6.42. The Labute approximate surface area is 93.5 Å². The summed E-state index contributed by atoms with van der Waals surface area (Å²) in [5, 5.41) is 8.39. The Morgan fingerprint density at radius 1 is 1.53 bits per heavy atom. The molecule has 0 aromatic heterocycles. The van der Waals surface area contributed by atoms with E-state index in [0.717, 1.165) is 17.7 Å². The Bertz CT molecular complexity index is 513. The van der Waals surface area contributed by atoms with Gasteiger partial charge in [-0.2, -0.15) is 0 Å². The van der Waals surface area contributed by atoms with E-state index in [1.54, 1.807) is 6.07 Å². The van der Waals surface area contributed by atoms with Gasteiger partial charge in [-0.15, -0.1) is 0 Å². The van der Waals surface area contributed by atoms with E-state index in [2.05, 4.69) is 5.32 Å². The van der Waals surface area contributed by atoms with Gasteiger partial charge in [-0.05, 0) is 31.0 Å². The molecule has 2 rings (SSSR count). The average molecular weight is 247 g/mol. The van der Waals surface area contributed by atoms with Gasteiger partial charge in [0, 0.05) is 11.7 Å². The summed E-state index contributed by atoms with van der Waals surface area (Å²) in [6.45, 7) is 2.02. The lowest BCUT2D eigenvalue weighted by molar-refractivity contribution is 0.598. The van der Waals surface area contributed by atoms with Gasteiger partial charge in [0.25, 0.3) is 0 Å². The lowest BCUT2D eigenvalue weighted by Crippen LogP contribution is -2.13. The molecule has 0 spiro atoms. The lowest BCUT2D eigenvalue weighted by Gasteiger charge is -2.06. The number of fused-ring (bicyclic) bond motifs is 1. The molecular formula is C9H11ClN2O2S. The topological polar surface area (TPSA) is 72.2 Å². The van der Waals surface area contributed by atoms with Gasteiger partial charge < -0.3 is 5.32 Å². The molecule has 6 heteroatoms. The van der Waals surface area contributed by atoms with Crippen LogP contribution in [0.5, 0.6) is 0 Å². The standard InChI is InChI=1S/C9H11ClN2O2S/c1-5-2-6-3-7(10)9(15(11,13)14)4-8(6)12-5/h3-5,12H,2H2,1H3,(H2,11,13,14)/t5-/m0/s1. The highest BCUT2D eigenvalue weighted by atomic mass is 35.5. The molecule has 0 aliphatic carbocycles. The van der Waals surface area contributed by atoms with Crippen LogP contribution >= 0.6 is 11.6 Å². The van der Waals surface area contributed by atoms with Crippen LogP contribution in [-0.2, 0) is 16.4 Å². The summed E-state index contributed by atoms with van der Waals surface area (Å²) >= 11 is 5.85. The van der Waals surface area contributed by atoms with Crippen molar-refractivity contribution in [2.45, 2.75) is 24.3 Å². The first-order chi connectivity index (χ1) is 6.88. The van der Waals surface area contributed by atoms with E-state index in [1.807, 2.05) is 6.92 Å². The van der Waals surface area contributed by atoms with Crippen molar-refractivity contribution in [3.05, 3.63) is 22.7 Å². The number of sulfonamides is 1. The third kappa shape index (κ3) is 1.95. The fourth-order valence-corrected chi connectivity index (χ4v) is 2.88. The second-order valence-electron chi connectivity index (χ2n) is 3.73. The Morgan fingerprint density at radius 2 is 2.20 bits per heavy atom. The average Bonchev–Trinajstić information content (AvgIpc) is 2.40. The van der Waals surface area contributed by atoms with E-state index in [4.69, 9.17) is 16.7 Å². The molecule has 1 aliphatic rings. The van der Waals surface area contributed by atoms with Crippen molar-refractivity contribution in [3.63, 3.8) is 0 Å². The molecule has 0 radical (unpaired) electrons. The Hall–Kier alpha value is -0.780. The third-order valence-corrected chi connectivity index (χ3v) is 3.77. The molecular weight excluding hydrogens is 236 g/mol. The highest BCUT2D eigenvalue weighted by Gasteiger charge is 2.22. The van der Waals surface area contributed by atoms with Crippen LogP contribution in [0.1, 0.15) is 12.5 Å². The van der Waals surface area contributed by atoms with E-state index in [-0.39, 0.29) is 9.92 Å². The van der Waals surface area contributed by atoms with Crippen molar-refractivity contribution < 1.29 is 8.42 Å². The quantitative estimate of drug-likeness (QED) is 0.786. The van der Waals surface area contributed by atoms with Crippen LogP contribution in [0, 0.1) is 0 Å². The Kier molecular flexibility index (Phi) is 2.41. The van der Waals surface area contributed by atoms with Gasteiger partial charge in [0.15, 0.2) is 0 Å². The minimum atomic E-state index is -3.74. The van der Waals surface area contributed by atoms with E-state index in [0.29, 0.717) is 6.04 Å². The van der Waals surface area contributed by atoms with E-state index >= 15 is 0 Å². The summed E-state index contributed by atoms with van der Waals surface area (Å²) in [4.78, 5) is -0.0236. The molecule has 4 nitrogen and oxygen atoms in total. The maximum atomic E-state index is 11.2. The van der Waals surface area contributed by atoms with Gasteiger partial charge in [-0.1, -0.05) is 11.6 Å². The number of benzene rings is 1. The first kappa shape index (κ1) is 10.7. The maximum Gasteiger partial charge on any atom is 0.239 e. The van der Waals surface area contributed by atoms with Crippen LogP contribution < -0.4 is 10.5 Å². The minimum absolute atomic E-state index is 0.0236. The summed E-state index contributed by atoms with van der Waals surface area (Å²) in [5.41, 5.74) is 1.83. The summed E-state index contributed by atoms with van der Waals surface area (Å²) in [6, 6.07) is 3.45. The van der Waals surface area contributed by atoms with Crippen molar-refractivity contribution in [3.8, 4) is 0 Å². The van der Waals surface area contributed by atoms with Gasteiger partial charge in [0.1, 0.15) is 4.90 Å². The van der Waals surface area contributed by atoms with Gasteiger partial charge >= 0.3 is 0 Å². The molecule has 0 bridgehead atoms. The lowest BCUT2D eigenvalue weighted by atomic mass is 10.1. The zero-order valence-electron chi connectivity index (χ0n) is 8.12. The van der Waals surface area contributed by atoms with Crippen molar-refractivity contribution in [1.82, 2.24) is 0 Å². The highest BCUT2D eigenvalue weighted by molar-refractivity contribution is 7.89. The number of hydrogen-bond acceptors (Lipinski definition) is 3. The zero-order valence-corrected chi connectivity index (χ0v) is 9.69. The molecule has 0 unspecified atom stereocenters. The van der Waals surface area contributed by atoms with Crippen molar-refractivity contribution in [2.75, 3.05) is 5.32 Å². The molecule has 1 aromatic carbocycles. The van der Waals surface area contributed by atoms with E-state index in [9.17, 15) is 8.42 Å². The largest absolute Gasteiger partial charge is 0.382 e. The summed E-state index contributed by atoms with van der Waals surface area (Å²) in [7, 11) is -3.74. The summed E-state index contributed by atoms with van der Waals surface area (Å²) < 4.78 is 22.4. The molecule has 0 saturated carbocycles. The van der Waals surface area contributed by atoms with Crippen LogP contribution in [0.15, 0.2) is 17.0 Å². The number of nitrogens with one attached hydrogen (secondary N) is 1. The first-order valence-electron chi connectivity index (χ1n) is 4.49. The number of nitrogens with two attached hydrogens (primary N) is 1. The molecule has 1 aromatic rings. The molecule has 0 amide bonds. The van der Waals surface area contributed by atoms with Crippen LogP contribution in [0.2, 0.25) is 5.02 Å². The number of primary sulfonamides is 1. The molecule has 1 heterocycles. The Morgan fingerprint density at radius 3 is 2.80 bits per heavy atom. The molecule has 1 atom stereocenters. The predicted molar refractivity (Wildman–Crippen MR) is 59.6 cm³/mol. The molecule has 15 heavy (non-hydrogen) atoms. The molecule has 0 saturated heterocycles. The number of rotatable bonds is 1. The maximum absolute atomic E-state index is 11.2. The molecule has 0 fully saturated rings. The Balaban J connectivity index is 2.59.